The third kappa shape index (κ3) is 7.69. The lowest BCUT2D eigenvalue weighted by Crippen LogP contribution is -2.42. The van der Waals surface area contributed by atoms with Crippen molar-refractivity contribution in [2.75, 3.05) is 19.6 Å². The Morgan fingerprint density at radius 3 is 2.35 bits per heavy atom. The molecule has 0 unspecified atom stereocenters. The highest BCUT2D eigenvalue weighted by Crippen LogP contribution is 2.45. The zero-order valence-corrected chi connectivity index (χ0v) is 28.0. The number of hydrogen-bond donors (Lipinski definition) is 2. The van der Waals surface area contributed by atoms with Gasteiger partial charge in [-0.1, -0.05) is 25.7 Å². The fourth-order valence-electron chi connectivity index (χ4n) is 7.33. The second-order valence-corrected chi connectivity index (χ2v) is 14.0. The van der Waals surface area contributed by atoms with E-state index in [1.807, 2.05) is 13.0 Å². The van der Waals surface area contributed by atoms with Crippen molar-refractivity contribution in [3.63, 3.8) is 0 Å². The van der Waals surface area contributed by atoms with Crippen molar-refractivity contribution in [1.29, 1.82) is 0 Å². The van der Waals surface area contributed by atoms with Gasteiger partial charge in [-0.2, -0.15) is 5.10 Å². The molecule has 0 spiro atoms. The summed E-state index contributed by atoms with van der Waals surface area (Å²) in [5.41, 5.74) is 4.50. The first-order valence-electron chi connectivity index (χ1n) is 17.6. The number of amides is 1. The van der Waals surface area contributed by atoms with Gasteiger partial charge in [0.15, 0.2) is 0 Å². The van der Waals surface area contributed by atoms with Gasteiger partial charge in [-0.15, -0.1) is 0 Å². The summed E-state index contributed by atoms with van der Waals surface area (Å²) in [6.45, 7) is 6.45. The van der Waals surface area contributed by atoms with Crippen LogP contribution in [0.4, 0.5) is 8.78 Å². The number of aryl methyl sites for hydroxylation is 3. The molecule has 2 atom stereocenters. The van der Waals surface area contributed by atoms with Gasteiger partial charge in [0.25, 0.3) is 5.56 Å². The highest BCUT2D eigenvalue weighted by Gasteiger charge is 2.33. The zero-order valence-electron chi connectivity index (χ0n) is 28.0. The van der Waals surface area contributed by atoms with Gasteiger partial charge in [-0.3, -0.25) is 14.4 Å². The average molecular weight is 661 g/mol. The van der Waals surface area contributed by atoms with Crippen molar-refractivity contribution in [2.45, 2.75) is 109 Å². The van der Waals surface area contributed by atoms with Crippen molar-refractivity contribution in [3.8, 4) is 11.1 Å². The van der Waals surface area contributed by atoms with Crippen LogP contribution in [0.5, 0.6) is 0 Å². The normalized spacial score (nSPS) is 20.9. The van der Waals surface area contributed by atoms with E-state index in [1.165, 1.54) is 17.2 Å². The molecule has 3 aromatic rings. The van der Waals surface area contributed by atoms with E-state index in [0.29, 0.717) is 42.4 Å². The van der Waals surface area contributed by atoms with Crippen LogP contribution in [0.25, 0.3) is 11.1 Å². The third-order valence-corrected chi connectivity index (χ3v) is 10.2. The average Bonchev–Trinajstić information content (AvgIpc) is 3.84. The third-order valence-electron chi connectivity index (χ3n) is 10.2. The SMILES string of the molecule is Cc1cc(F)cc2c1-c1cc(C3CC3)c(F)c(c1)[C@H](CC(=O)O)NC(=O)[C@@H](n1nc(CCN3CCC3)cc(C)c1=O)CCCCCCC2. The van der Waals surface area contributed by atoms with Gasteiger partial charge in [-0.25, -0.2) is 13.5 Å². The Morgan fingerprint density at radius 1 is 0.917 bits per heavy atom. The first-order chi connectivity index (χ1) is 23.1. The second-order valence-electron chi connectivity index (χ2n) is 14.0. The van der Waals surface area contributed by atoms with Gasteiger partial charge >= 0.3 is 5.97 Å². The minimum atomic E-state index is -1.20. The molecular weight excluding hydrogens is 614 g/mol. The van der Waals surface area contributed by atoms with E-state index < -0.39 is 36.2 Å². The molecule has 2 aliphatic heterocycles. The highest BCUT2D eigenvalue weighted by molar-refractivity contribution is 5.82. The molecule has 256 valence electrons. The maximum absolute atomic E-state index is 16.4. The lowest BCUT2D eigenvalue weighted by molar-refractivity contribution is -0.138. The number of carboxylic acids is 1. The molecular formula is C38H46F2N4O4. The summed E-state index contributed by atoms with van der Waals surface area (Å²) in [6.07, 6.45) is 8.00. The molecule has 1 saturated heterocycles. The fraction of sp³-hybridized carbons (Fsp3) is 0.526. The smallest absolute Gasteiger partial charge is 0.305 e. The number of carbonyl (C=O) groups excluding carboxylic acids is 1. The lowest BCUT2D eigenvalue weighted by atomic mass is 9.87. The Kier molecular flexibility index (Phi) is 10.4. The van der Waals surface area contributed by atoms with Crippen molar-refractivity contribution >= 4 is 11.9 Å². The molecule has 1 amide bonds. The van der Waals surface area contributed by atoms with Crippen LogP contribution in [0.3, 0.4) is 0 Å². The summed E-state index contributed by atoms with van der Waals surface area (Å²) < 4.78 is 32.4. The van der Waals surface area contributed by atoms with Gasteiger partial charge in [0.2, 0.25) is 5.91 Å². The van der Waals surface area contributed by atoms with Crippen LogP contribution in [0.2, 0.25) is 0 Å². The van der Waals surface area contributed by atoms with Gasteiger partial charge in [-0.05, 0) is 130 Å². The van der Waals surface area contributed by atoms with Crippen LogP contribution in [0, 0.1) is 25.5 Å². The van der Waals surface area contributed by atoms with Gasteiger partial charge < -0.3 is 15.3 Å². The first-order valence-corrected chi connectivity index (χ1v) is 17.6. The predicted octanol–water partition coefficient (Wildman–Crippen LogP) is 6.70. The molecule has 8 nitrogen and oxygen atoms in total. The van der Waals surface area contributed by atoms with Gasteiger partial charge in [0, 0.05) is 24.1 Å². The monoisotopic (exact) mass is 660 g/mol. The Hall–Kier alpha value is -3.92. The highest BCUT2D eigenvalue weighted by atomic mass is 19.1. The van der Waals surface area contributed by atoms with Crippen LogP contribution in [-0.2, 0) is 22.4 Å². The molecule has 2 bridgehead atoms. The number of rotatable bonds is 7. The van der Waals surface area contributed by atoms with E-state index in [-0.39, 0.29) is 22.9 Å². The molecule has 2 N–H and O–H groups in total. The molecule has 1 saturated carbocycles. The zero-order chi connectivity index (χ0) is 33.9. The Morgan fingerprint density at radius 2 is 1.65 bits per heavy atom. The van der Waals surface area contributed by atoms with E-state index >= 15 is 4.39 Å². The van der Waals surface area contributed by atoms with Crippen molar-refractivity contribution in [1.82, 2.24) is 20.0 Å². The molecule has 3 aliphatic rings. The molecule has 1 aliphatic carbocycles. The quantitative estimate of drug-likeness (QED) is 0.292. The van der Waals surface area contributed by atoms with E-state index in [2.05, 4.69) is 15.3 Å². The molecule has 2 fully saturated rings. The number of nitrogens with one attached hydrogen (secondary N) is 1. The Balaban J connectivity index is 1.43. The van der Waals surface area contributed by atoms with Crippen LogP contribution < -0.4 is 10.9 Å². The number of likely N-dealkylation sites (tertiary alicyclic amines) is 1. The molecule has 1 aromatic heterocycles. The summed E-state index contributed by atoms with van der Waals surface area (Å²) in [4.78, 5) is 42.3. The minimum absolute atomic E-state index is 0.00261. The molecule has 6 rings (SSSR count). The van der Waals surface area contributed by atoms with E-state index in [0.717, 1.165) is 80.5 Å². The Labute approximate surface area is 280 Å². The number of halogens is 2. The molecule has 0 radical (unpaired) electrons. The largest absolute Gasteiger partial charge is 0.481 e. The summed E-state index contributed by atoms with van der Waals surface area (Å²) in [5, 5.41) is 17.5. The minimum Gasteiger partial charge on any atom is -0.481 e. The number of aromatic nitrogens is 2. The number of hydrogen-bond acceptors (Lipinski definition) is 5. The second kappa shape index (κ2) is 14.7. The van der Waals surface area contributed by atoms with Gasteiger partial charge in [0.05, 0.1) is 18.2 Å². The fourth-order valence-corrected chi connectivity index (χ4v) is 7.33. The number of benzene rings is 2. The maximum Gasteiger partial charge on any atom is 0.305 e. The van der Waals surface area contributed by atoms with Crippen molar-refractivity contribution < 1.29 is 23.5 Å². The summed E-state index contributed by atoms with van der Waals surface area (Å²) in [7, 11) is 0. The molecule has 10 heteroatoms. The molecule has 48 heavy (non-hydrogen) atoms. The van der Waals surface area contributed by atoms with Crippen LogP contribution in [0.15, 0.2) is 35.1 Å². The number of nitrogens with zero attached hydrogens (tertiary/aromatic N) is 3. The lowest BCUT2D eigenvalue weighted by Gasteiger charge is -2.30. The van der Waals surface area contributed by atoms with Crippen LogP contribution in [0.1, 0.15) is 116 Å². The van der Waals surface area contributed by atoms with Crippen molar-refractivity contribution in [3.05, 3.63) is 85.8 Å². The summed E-state index contributed by atoms with van der Waals surface area (Å²) >= 11 is 0. The van der Waals surface area contributed by atoms with E-state index in [4.69, 9.17) is 0 Å². The molecule has 2 aromatic carbocycles. The first kappa shape index (κ1) is 34.0. The number of carbonyl (C=O) groups is 2. The summed E-state index contributed by atoms with van der Waals surface area (Å²) in [5.74, 6) is -2.60. The standard InChI is InChI=1S/C38H46F2N4O4/c1-23-17-28(39)19-26-9-6-4-3-5-7-10-33(44-38(48)24(2)18-29(42-44)13-16-43-14-8-15-43)37(47)41-32(22-34(45)46)31-21-27(35(23)26)20-30(36(31)40)25-11-12-25/h17-21,25,32-33H,3-16,22H2,1-2H3,(H,41,47)(H,45,46)/t32-,33-/m0/s1. The van der Waals surface area contributed by atoms with Crippen LogP contribution in [-0.4, -0.2) is 51.3 Å². The number of fused-ring (bicyclic) bond motifs is 4. The topological polar surface area (TPSA) is 105 Å². The number of aliphatic carboxylic acids is 1. The number of carboxylic acid groups (broad SMARTS) is 1. The van der Waals surface area contributed by atoms with E-state index in [9.17, 15) is 23.9 Å². The predicted molar refractivity (Wildman–Crippen MR) is 180 cm³/mol. The maximum atomic E-state index is 16.4. The summed E-state index contributed by atoms with van der Waals surface area (Å²) in [6, 6.07) is 6.09. The van der Waals surface area contributed by atoms with Crippen LogP contribution >= 0.6 is 0 Å². The van der Waals surface area contributed by atoms with Crippen molar-refractivity contribution in [2.24, 2.45) is 0 Å². The van der Waals surface area contributed by atoms with Gasteiger partial charge in [0.1, 0.15) is 17.7 Å². The van der Waals surface area contributed by atoms with E-state index in [1.54, 1.807) is 25.1 Å². The Bertz CT molecular complexity index is 1750. The molecule has 3 heterocycles.